The van der Waals surface area contributed by atoms with Crippen molar-refractivity contribution in [2.75, 3.05) is 43.4 Å². The van der Waals surface area contributed by atoms with Crippen LogP contribution in [-0.4, -0.2) is 44.8 Å². The molecule has 0 spiro atoms. The van der Waals surface area contributed by atoms with E-state index in [1.807, 2.05) is 42.7 Å². The van der Waals surface area contributed by atoms with Crippen molar-refractivity contribution < 1.29 is 21.7 Å². The molecule has 1 heterocycles. The standard InChI is InChI=1S/C19H32N6.CH4O4S/c1-16-15-17(21-12-8-6-5-7-11-20-2)9-10-18(16)22-23-19-24(3)13-14-25(19)4;1-5-6(2,3)4/h9-10,13-15,20-22H,5-8,11-12H2,1-4H3;1H3,(H,2,3,4). The Kier molecular flexibility index (Phi) is 11.9. The molecular formula is C20H36N6O4S. The number of nitrogens with one attached hydrogen (secondary N) is 4. The zero-order valence-corrected chi connectivity index (χ0v) is 19.9. The molecule has 0 fully saturated rings. The maximum Gasteiger partial charge on any atom is 0.378 e. The molecule has 0 atom stereocenters. The van der Waals surface area contributed by atoms with E-state index in [4.69, 9.17) is 0 Å². The van der Waals surface area contributed by atoms with Crippen molar-refractivity contribution in [2.45, 2.75) is 32.6 Å². The van der Waals surface area contributed by atoms with Crippen LogP contribution >= 0.6 is 0 Å². The Labute approximate surface area is 185 Å². The number of rotatable bonds is 12. The molecule has 176 valence electrons. The number of anilines is 3. The predicted molar refractivity (Wildman–Crippen MR) is 123 cm³/mol. The molecule has 0 bridgehead atoms. The van der Waals surface area contributed by atoms with Gasteiger partial charge in [0.15, 0.2) is 0 Å². The summed E-state index contributed by atoms with van der Waals surface area (Å²) in [4.78, 5) is 0. The number of nitrogens with zero attached hydrogens (tertiary/aromatic N) is 2. The zero-order valence-electron chi connectivity index (χ0n) is 19.1. The fraction of sp³-hybridized carbons (Fsp3) is 0.550. The lowest BCUT2D eigenvalue weighted by Crippen LogP contribution is -2.32. The van der Waals surface area contributed by atoms with E-state index in [-0.39, 0.29) is 0 Å². The van der Waals surface area contributed by atoms with Crippen LogP contribution in [-0.2, 0) is 28.7 Å². The summed E-state index contributed by atoms with van der Waals surface area (Å²) in [6.07, 6.45) is 9.10. The molecule has 0 aliphatic heterocycles. The Morgan fingerprint density at radius 3 is 2.29 bits per heavy atom. The van der Waals surface area contributed by atoms with Gasteiger partial charge in [0.25, 0.3) is 0 Å². The average Bonchev–Trinajstić information content (AvgIpc) is 3.04. The lowest BCUT2D eigenvalue weighted by Gasteiger charge is -2.11. The number of hydrazine groups is 1. The minimum Gasteiger partial charge on any atom is -0.726 e. The van der Waals surface area contributed by atoms with Crippen LogP contribution in [0.15, 0.2) is 30.6 Å². The summed E-state index contributed by atoms with van der Waals surface area (Å²) in [5, 5.41) is 6.71. The van der Waals surface area contributed by atoms with Crippen LogP contribution in [0.4, 0.5) is 17.3 Å². The summed E-state index contributed by atoms with van der Waals surface area (Å²) in [5.41, 5.74) is 10.0. The first-order valence-corrected chi connectivity index (χ1v) is 11.5. The van der Waals surface area contributed by atoms with E-state index >= 15 is 0 Å². The summed E-state index contributed by atoms with van der Waals surface area (Å²) >= 11 is 0. The van der Waals surface area contributed by atoms with Gasteiger partial charge in [-0.1, -0.05) is 12.8 Å². The highest BCUT2D eigenvalue weighted by Crippen LogP contribution is 2.20. The first-order chi connectivity index (χ1) is 14.7. The molecule has 2 rings (SSSR count). The Balaban J connectivity index is 0.000000703. The van der Waals surface area contributed by atoms with Gasteiger partial charge in [-0.05, 0) is 57.1 Å². The normalized spacial score (nSPS) is 10.9. The largest absolute Gasteiger partial charge is 0.726 e. The summed E-state index contributed by atoms with van der Waals surface area (Å²) < 4.78 is 35.1. The summed E-state index contributed by atoms with van der Waals surface area (Å²) in [6.45, 7) is 4.27. The maximum absolute atomic E-state index is 9.22. The van der Waals surface area contributed by atoms with Gasteiger partial charge in [0, 0.05) is 12.2 Å². The van der Waals surface area contributed by atoms with Gasteiger partial charge in [0.1, 0.15) is 0 Å². The fourth-order valence-electron chi connectivity index (χ4n) is 2.82. The zero-order chi connectivity index (χ0) is 23.3. The summed E-state index contributed by atoms with van der Waals surface area (Å²) in [5.74, 6) is 1.000. The molecule has 0 amide bonds. The van der Waals surface area contributed by atoms with Gasteiger partial charge in [0.2, 0.25) is 10.4 Å². The summed E-state index contributed by atoms with van der Waals surface area (Å²) in [7, 11) is 2.44. The quantitative estimate of drug-likeness (QED) is 0.126. The number of benzene rings is 1. The number of unbranched alkanes of at least 4 members (excludes halogenated alkanes) is 3. The highest BCUT2D eigenvalue weighted by atomic mass is 32.3. The van der Waals surface area contributed by atoms with Crippen LogP contribution in [0.3, 0.4) is 0 Å². The lowest BCUT2D eigenvalue weighted by molar-refractivity contribution is -0.656. The Morgan fingerprint density at radius 1 is 1.13 bits per heavy atom. The smallest absolute Gasteiger partial charge is 0.378 e. The molecule has 0 aliphatic carbocycles. The van der Waals surface area contributed by atoms with Gasteiger partial charge in [-0.3, -0.25) is 9.61 Å². The van der Waals surface area contributed by atoms with E-state index in [0.717, 1.165) is 31.8 Å². The monoisotopic (exact) mass is 456 g/mol. The number of hydrogen-bond acceptors (Lipinski definition) is 8. The molecule has 1 aromatic carbocycles. The van der Waals surface area contributed by atoms with E-state index in [1.54, 1.807) is 0 Å². The molecule has 0 radical (unpaired) electrons. The number of hydrogen-bond donors (Lipinski definition) is 4. The number of imidazole rings is 1. The van der Waals surface area contributed by atoms with E-state index in [1.165, 1.54) is 36.9 Å². The second kappa shape index (κ2) is 13.9. The fourth-order valence-corrected chi connectivity index (χ4v) is 2.82. The topological polar surface area (TPSA) is 123 Å². The number of aryl methyl sites for hydroxylation is 3. The molecule has 10 nitrogen and oxygen atoms in total. The second-order valence-corrected chi connectivity index (χ2v) is 8.29. The van der Waals surface area contributed by atoms with Crippen molar-refractivity contribution in [3.63, 3.8) is 0 Å². The van der Waals surface area contributed by atoms with E-state index in [9.17, 15) is 13.0 Å². The first kappa shape index (κ1) is 26.7. The molecule has 0 aliphatic rings. The Bertz CT molecular complexity index is 866. The SMILES string of the molecule is CNCCCCCCNc1ccc(NNc2n(C)cc[n+]2C)c(C)c1.COS(=O)(=O)[O-]. The van der Waals surface area contributed by atoms with Crippen molar-refractivity contribution in [1.29, 1.82) is 0 Å². The molecule has 0 saturated carbocycles. The minimum absolute atomic E-state index is 0.808. The highest BCUT2D eigenvalue weighted by Gasteiger charge is 2.10. The summed E-state index contributed by atoms with van der Waals surface area (Å²) in [6, 6.07) is 6.43. The van der Waals surface area contributed by atoms with Crippen LogP contribution in [0.5, 0.6) is 0 Å². The molecule has 11 heteroatoms. The van der Waals surface area contributed by atoms with Crippen LogP contribution in [0.25, 0.3) is 0 Å². The van der Waals surface area contributed by atoms with Gasteiger partial charge in [-0.2, -0.15) is 5.43 Å². The van der Waals surface area contributed by atoms with Crippen LogP contribution in [0.2, 0.25) is 0 Å². The van der Waals surface area contributed by atoms with Gasteiger partial charge < -0.3 is 15.2 Å². The van der Waals surface area contributed by atoms with E-state index in [0.29, 0.717) is 0 Å². The van der Waals surface area contributed by atoms with E-state index < -0.39 is 10.4 Å². The number of aromatic nitrogens is 2. The van der Waals surface area contributed by atoms with Gasteiger partial charge in [0.05, 0.1) is 39.3 Å². The van der Waals surface area contributed by atoms with E-state index in [2.05, 4.69) is 50.8 Å². The Morgan fingerprint density at radius 2 is 1.77 bits per heavy atom. The van der Waals surface area contributed by atoms with Crippen molar-refractivity contribution >= 4 is 27.7 Å². The first-order valence-electron chi connectivity index (χ1n) is 10.2. The van der Waals surface area contributed by atoms with Gasteiger partial charge in [-0.15, -0.1) is 0 Å². The lowest BCUT2D eigenvalue weighted by atomic mass is 10.1. The molecule has 31 heavy (non-hydrogen) atoms. The van der Waals surface area contributed by atoms with Crippen LogP contribution < -0.4 is 26.1 Å². The maximum atomic E-state index is 9.22. The molecule has 0 unspecified atom stereocenters. The third kappa shape index (κ3) is 11.0. The van der Waals surface area contributed by atoms with Gasteiger partial charge in [-0.25, -0.2) is 17.6 Å². The highest BCUT2D eigenvalue weighted by molar-refractivity contribution is 7.80. The van der Waals surface area contributed by atoms with Crippen molar-refractivity contribution in [3.05, 3.63) is 36.2 Å². The molecule has 2 aromatic rings. The van der Waals surface area contributed by atoms with Gasteiger partial charge >= 0.3 is 5.95 Å². The van der Waals surface area contributed by atoms with Crippen LogP contribution in [0, 0.1) is 6.92 Å². The molecule has 4 N–H and O–H groups in total. The van der Waals surface area contributed by atoms with Crippen LogP contribution in [0.1, 0.15) is 31.2 Å². The molecular weight excluding hydrogens is 420 g/mol. The molecule has 1 aromatic heterocycles. The minimum atomic E-state index is -4.41. The van der Waals surface area contributed by atoms with Crippen molar-refractivity contribution in [1.82, 2.24) is 9.88 Å². The third-order valence-electron chi connectivity index (χ3n) is 4.60. The molecule has 0 saturated heterocycles. The average molecular weight is 457 g/mol. The third-order valence-corrected chi connectivity index (χ3v) is 5.01. The van der Waals surface area contributed by atoms with Crippen molar-refractivity contribution in [2.24, 2.45) is 14.1 Å². The van der Waals surface area contributed by atoms with Crippen molar-refractivity contribution in [3.8, 4) is 0 Å². The predicted octanol–water partition coefficient (Wildman–Crippen LogP) is 1.88. The second-order valence-electron chi connectivity index (χ2n) is 7.14. The Hall–Kier alpha value is -2.34.